The van der Waals surface area contributed by atoms with Gasteiger partial charge in [0.2, 0.25) is 0 Å². The smallest absolute Gasteiger partial charge is 0.162 e. The maximum atomic E-state index is 10.5. The zero-order valence-corrected chi connectivity index (χ0v) is 12.1. The molecule has 0 spiro atoms. The van der Waals surface area contributed by atoms with Crippen LogP contribution in [0.1, 0.15) is 30.9 Å². The number of ether oxygens (including phenoxy) is 1. The molecule has 1 heterocycles. The lowest BCUT2D eigenvalue weighted by atomic mass is 9.76. The second kappa shape index (κ2) is 6.02. The maximum Gasteiger partial charge on any atom is 0.162 e. The number of phenolic OH excluding ortho intramolecular Hbond substituents is 1. The van der Waals surface area contributed by atoms with Crippen LogP contribution in [0.2, 0.25) is 0 Å². The van der Waals surface area contributed by atoms with Gasteiger partial charge in [0.1, 0.15) is 0 Å². The van der Waals surface area contributed by atoms with Gasteiger partial charge in [0.25, 0.3) is 0 Å². The number of nitrogens with one attached hydrogen (secondary N) is 1. The van der Waals surface area contributed by atoms with Crippen LogP contribution in [0.25, 0.3) is 0 Å². The number of para-hydroxylation sites is 1. The van der Waals surface area contributed by atoms with E-state index in [1.54, 1.807) is 7.11 Å². The Morgan fingerprint density at radius 3 is 2.65 bits per heavy atom. The number of aromatic hydroxyl groups is 1. The summed E-state index contributed by atoms with van der Waals surface area (Å²) in [5.74, 6) is 1.58. The van der Waals surface area contributed by atoms with Gasteiger partial charge in [0.15, 0.2) is 11.5 Å². The molecule has 0 radical (unpaired) electrons. The van der Waals surface area contributed by atoms with E-state index in [4.69, 9.17) is 4.74 Å². The lowest BCUT2D eigenvalue weighted by Gasteiger charge is -2.43. The molecule has 110 valence electrons. The van der Waals surface area contributed by atoms with Crippen LogP contribution in [0.4, 0.5) is 0 Å². The predicted molar refractivity (Wildman–Crippen MR) is 79.2 cm³/mol. The fourth-order valence-corrected chi connectivity index (χ4v) is 3.41. The zero-order valence-electron chi connectivity index (χ0n) is 12.1. The number of hydrogen-bond acceptors (Lipinski definition) is 4. The molecule has 2 aliphatic rings. The second-order valence-electron chi connectivity index (χ2n) is 5.82. The number of piperazine rings is 1. The topological polar surface area (TPSA) is 44.7 Å². The second-order valence-corrected chi connectivity index (χ2v) is 5.82. The Hall–Kier alpha value is -1.26. The minimum Gasteiger partial charge on any atom is -0.504 e. The van der Waals surface area contributed by atoms with E-state index in [-0.39, 0.29) is 0 Å². The minimum absolute atomic E-state index is 0.324. The molecule has 4 nitrogen and oxygen atoms in total. The summed E-state index contributed by atoms with van der Waals surface area (Å²) in [6.45, 7) is 4.18. The fraction of sp³-hybridized carbons (Fsp3) is 0.625. The Balaban J connectivity index is 1.92. The van der Waals surface area contributed by atoms with Gasteiger partial charge in [0.05, 0.1) is 7.11 Å². The van der Waals surface area contributed by atoms with Gasteiger partial charge in [-0.15, -0.1) is 0 Å². The SMILES string of the molecule is COc1cccc([C@H](C2CCC2)N2CCNCC2)c1O. The Morgan fingerprint density at radius 2 is 2.05 bits per heavy atom. The van der Waals surface area contributed by atoms with E-state index in [0.29, 0.717) is 23.5 Å². The van der Waals surface area contributed by atoms with Crippen molar-refractivity contribution < 1.29 is 9.84 Å². The van der Waals surface area contributed by atoms with Crippen LogP contribution in [0, 0.1) is 5.92 Å². The third-order valence-electron chi connectivity index (χ3n) is 4.71. The van der Waals surface area contributed by atoms with Crippen molar-refractivity contribution in [2.75, 3.05) is 33.3 Å². The van der Waals surface area contributed by atoms with E-state index in [2.05, 4.69) is 16.3 Å². The first-order valence-corrected chi connectivity index (χ1v) is 7.62. The molecule has 1 aliphatic heterocycles. The summed E-state index contributed by atoms with van der Waals surface area (Å²) >= 11 is 0. The van der Waals surface area contributed by atoms with E-state index < -0.39 is 0 Å². The van der Waals surface area contributed by atoms with E-state index in [9.17, 15) is 5.11 Å². The maximum absolute atomic E-state index is 10.5. The lowest BCUT2D eigenvalue weighted by Crippen LogP contribution is -2.47. The van der Waals surface area contributed by atoms with E-state index in [0.717, 1.165) is 31.7 Å². The van der Waals surface area contributed by atoms with E-state index >= 15 is 0 Å². The van der Waals surface area contributed by atoms with Crippen molar-refractivity contribution >= 4 is 0 Å². The fourth-order valence-electron chi connectivity index (χ4n) is 3.41. The number of phenols is 1. The highest BCUT2D eigenvalue weighted by atomic mass is 16.5. The summed E-state index contributed by atoms with van der Waals surface area (Å²) in [5.41, 5.74) is 1.04. The average molecular weight is 276 g/mol. The Labute approximate surface area is 120 Å². The third-order valence-corrected chi connectivity index (χ3v) is 4.71. The normalized spacial score (nSPS) is 22.2. The molecule has 3 rings (SSSR count). The minimum atomic E-state index is 0.324. The van der Waals surface area contributed by atoms with Gasteiger partial charge in [-0.1, -0.05) is 18.6 Å². The summed E-state index contributed by atoms with van der Waals surface area (Å²) in [4.78, 5) is 2.52. The Bertz CT molecular complexity index is 454. The summed E-state index contributed by atoms with van der Waals surface area (Å²) < 4.78 is 5.27. The van der Waals surface area contributed by atoms with Crippen LogP contribution in [0.3, 0.4) is 0 Å². The molecule has 1 aromatic rings. The molecule has 0 amide bonds. The highest BCUT2D eigenvalue weighted by Gasteiger charge is 2.35. The number of methoxy groups -OCH3 is 1. The zero-order chi connectivity index (χ0) is 13.9. The van der Waals surface area contributed by atoms with E-state index in [1.165, 1.54) is 19.3 Å². The van der Waals surface area contributed by atoms with Crippen LogP contribution < -0.4 is 10.1 Å². The first kappa shape index (κ1) is 13.7. The quantitative estimate of drug-likeness (QED) is 0.884. The predicted octanol–water partition coefficient (Wildman–Crippen LogP) is 2.15. The molecule has 0 bridgehead atoms. The summed E-state index contributed by atoms with van der Waals surface area (Å²) in [5, 5.41) is 13.9. The lowest BCUT2D eigenvalue weighted by molar-refractivity contribution is 0.0816. The molecule has 0 aromatic heterocycles. The summed E-state index contributed by atoms with van der Waals surface area (Å²) in [6, 6.07) is 6.21. The third kappa shape index (κ3) is 2.50. The van der Waals surface area contributed by atoms with Crippen LogP contribution >= 0.6 is 0 Å². The van der Waals surface area contributed by atoms with Crippen molar-refractivity contribution in [3.05, 3.63) is 23.8 Å². The van der Waals surface area contributed by atoms with Crippen molar-refractivity contribution in [2.24, 2.45) is 5.92 Å². The van der Waals surface area contributed by atoms with Crippen LogP contribution in [0.5, 0.6) is 11.5 Å². The van der Waals surface area contributed by atoms with Crippen molar-refractivity contribution in [2.45, 2.75) is 25.3 Å². The molecule has 20 heavy (non-hydrogen) atoms. The molecule has 2 N–H and O–H groups in total. The monoisotopic (exact) mass is 276 g/mol. The number of nitrogens with zero attached hydrogens (tertiary/aromatic N) is 1. The van der Waals surface area contributed by atoms with Crippen LogP contribution in [0.15, 0.2) is 18.2 Å². The van der Waals surface area contributed by atoms with Gasteiger partial charge in [-0.05, 0) is 24.8 Å². The molecule has 1 atom stereocenters. The largest absolute Gasteiger partial charge is 0.504 e. The molecule has 0 unspecified atom stereocenters. The molecule has 1 aliphatic carbocycles. The van der Waals surface area contributed by atoms with Gasteiger partial charge < -0.3 is 15.2 Å². The molecule has 2 fully saturated rings. The van der Waals surface area contributed by atoms with Crippen LogP contribution in [-0.4, -0.2) is 43.3 Å². The molecule has 4 heteroatoms. The number of benzene rings is 1. The number of rotatable bonds is 4. The molecule has 1 aromatic carbocycles. The highest BCUT2D eigenvalue weighted by molar-refractivity contribution is 5.47. The summed E-state index contributed by atoms with van der Waals surface area (Å²) in [6.07, 6.45) is 3.86. The van der Waals surface area contributed by atoms with Gasteiger partial charge in [-0.2, -0.15) is 0 Å². The average Bonchev–Trinajstić information content (AvgIpc) is 2.44. The molecule has 1 saturated heterocycles. The van der Waals surface area contributed by atoms with E-state index in [1.807, 2.05) is 12.1 Å². The van der Waals surface area contributed by atoms with Crippen molar-refractivity contribution in [3.63, 3.8) is 0 Å². The standard InChI is InChI=1S/C16H24N2O2/c1-20-14-7-3-6-13(16(14)19)15(12-4-2-5-12)18-10-8-17-9-11-18/h3,6-7,12,15,17,19H,2,4-5,8-11H2,1H3/t15-/m0/s1. The van der Waals surface area contributed by atoms with Crippen molar-refractivity contribution in [1.82, 2.24) is 10.2 Å². The molecular weight excluding hydrogens is 252 g/mol. The van der Waals surface area contributed by atoms with Crippen molar-refractivity contribution in [3.8, 4) is 11.5 Å². The summed E-state index contributed by atoms with van der Waals surface area (Å²) in [7, 11) is 1.61. The molecular formula is C16H24N2O2. The van der Waals surface area contributed by atoms with Crippen LogP contribution in [-0.2, 0) is 0 Å². The van der Waals surface area contributed by atoms with Gasteiger partial charge in [0, 0.05) is 37.8 Å². The molecule has 1 saturated carbocycles. The first-order chi connectivity index (χ1) is 9.81. The van der Waals surface area contributed by atoms with Gasteiger partial charge >= 0.3 is 0 Å². The first-order valence-electron chi connectivity index (χ1n) is 7.62. The van der Waals surface area contributed by atoms with Gasteiger partial charge in [-0.3, -0.25) is 4.90 Å². The number of hydrogen-bond donors (Lipinski definition) is 2. The Kier molecular flexibility index (Phi) is 4.13. The van der Waals surface area contributed by atoms with Gasteiger partial charge in [-0.25, -0.2) is 0 Å². The van der Waals surface area contributed by atoms with Crippen molar-refractivity contribution in [1.29, 1.82) is 0 Å². The Morgan fingerprint density at radius 1 is 1.30 bits per heavy atom. The highest BCUT2D eigenvalue weighted by Crippen LogP contribution is 2.46.